The predicted octanol–water partition coefficient (Wildman–Crippen LogP) is -3.05. The maximum absolute atomic E-state index is 9.29. The van der Waals surface area contributed by atoms with Gasteiger partial charge >= 0.3 is 21.1 Å². The molecule has 0 aromatic heterocycles. The summed E-state index contributed by atoms with van der Waals surface area (Å²) < 4.78 is 0. The zero-order valence-electron chi connectivity index (χ0n) is 4.57. The van der Waals surface area contributed by atoms with Gasteiger partial charge in [0.15, 0.2) is 0 Å². The van der Waals surface area contributed by atoms with Gasteiger partial charge in [0.1, 0.15) is 0 Å². The van der Waals surface area contributed by atoms with Gasteiger partial charge in [-0.25, -0.2) is 0 Å². The van der Waals surface area contributed by atoms with E-state index in [1.165, 1.54) is 0 Å². The largest absolute Gasteiger partial charge is 6.00 e. The van der Waals surface area contributed by atoms with Crippen LogP contribution in [-0.2, 0) is 69.2 Å². The summed E-state index contributed by atoms with van der Waals surface area (Å²) in [7, 11) is 0. The molecule has 0 rings (SSSR count). The van der Waals surface area contributed by atoms with Crippen LogP contribution in [0.1, 0.15) is 0 Å². The smallest absolute Gasteiger partial charge is 0.850 e. The van der Waals surface area contributed by atoms with Crippen LogP contribution in [0.5, 0.6) is 0 Å². The second kappa shape index (κ2) is 7.89. The average molecular weight is 350 g/mol. The van der Waals surface area contributed by atoms with Crippen molar-refractivity contribution in [3.05, 3.63) is 0 Å². The van der Waals surface area contributed by atoms with E-state index in [1.54, 1.807) is 0 Å². The Bertz CT molecular complexity index is 132. The monoisotopic (exact) mass is 352 g/mol. The molecular formula is MoO4P2S4. The maximum Gasteiger partial charge on any atom is 6.00 e. The fourth-order valence-electron chi connectivity index (χ4n) is 0. The van der Waals surface area contributed by atoms with Crippen molar-refractivity contribution in [2.75, 3.05) is 0 Å². The molecule has 0 aromatic carbocycles. The molecule has 11 heavy (non-hydrogen) atoms. The molecule has 0 atom stereocenters. The summed E-state index contributed by atoms with van der Waals surface area (Å²) in [5, 5.41) is 0. The fourth-order valence-corrected chi connectivity index (χ4v) is 0. The molecule has 0 heterocycles. The summed E-state index contributed by atoms with van der Waals surface area (Å²) in [6, 6.07) is 0. The van der Waals surface area contributed by atoms with Crippen LogP contribution in [0.3, 0.4) is 0 Å². The average Bonchev–Trinajstić information content (AvgIpc) is 1.12. The van der Waals surface area contributed by atoms with Gasteiger partial charge in [0.25, 0.3) is 0 Å². The van der Waals surface area contributed by atoms with Crippen molar-refractivity contribution in [2.45, 2.75) is 0 Å². The molecule has 0 amide bonds. The molecule has 0 N–H and O–H groups in total. The molecule has 64 valence electrons. The van der Waals surface area contributed by atoms with E-state index in [2.05, 4.69) is 48.1 Å². The van der Waals surface area contributed by atoms with Crippen LogP contribution < -0.4 is 19.6 Å². The molecule has 0 aliphatic carbocycles. The summed E-state index contributed by atoms with van der Waals surface area (Å²) in [4.78, 5) is 37.2. The molecule has 0 fully saturated rings. The molecule has 0 saturated heterocycles. The van der Waals surface area contributed by atoms with Crippen LogP contribution in [0.2, 0.25) is 0 Å². The summed E-state index contributed by atoms with van der Waals surface area (Å²) in [6.45, 7) is 0. The molecule has 0 aliphatic rings. The van der Waals surface area contributed by atoms with Crippen LogP contribution >= 0.6 is 11.4 Å². The van der Waals surface area contributed by atoms with E-state index in [9.17, 15) is 19.6 Å². The predicted molar refractivity (Wildman–Crippen MR) is 43.3 cm³/mol. The standard InChI is InChI=1S/Mo.2H3O2PS2/c;2*1-3(2,4)5/h;2*(H3,1,2,4,5)/q+6;;/p-6. The molecule has 11 heteroatoms. The van der Waals surface area contributed by atoms with Crippen molar-refractivity contribution >= 4 is 59.5 Å². The van der Waals surface area contributed by atoms with Gasteiger partial charge in [-0.3, -0.25) is 0 Å². The van der Waals surface area contributed by atoms with Crippen LogP contribution in [0.4, 0.5) is 0 Å². The van der Waals surface area contributed by atoms with E-state index in [1.807, 2.05) is 0 Å². The molecule has 0 unspecified atom stereocenters. The maximum atomic E-state index is 9.29. The summed E-state index contributed by atoms with van der Waals surface area (Å²) in [5.41, 5.74) is -7.44. The minimum atomic E-state index is -3.72. The molecule has 0 saturated carbocycles. The van der Waals surface area contributed by atoms with Crippen LogP contribution in [0.25, 0.3) is 0 Å². The zero-order chi connectivity index (χ0) is 9.00. The van der Waals surface area contributed by atoms with E-state index < -0.39 is 11.4 Å². The van der Waals surface area contributed by atoms with Gasteiger partial charge in [-0.15, -0.1) is 0 Å². The van der Waals surface area contributed by atoms with Gasteiger partial charge in [0.05, 0.1) is 0 Å². The zero-order valence-corrected chi connectivity index (χ0v) is 11.6. The Balaban J connectivity index is -0.000000107. The molecular weight excluding hydrogens is 350 g/mol. The van der Waals surface area contributed by atoms with Crippen molar-refractivity contribution in [3.8, 4) is 0 Å². The second-order valence-electron chi connectivity index (χ2n) is 0.894. The van der Waals surface area contributed by atoms with Gasteiger partial charge in [-0.2, -0.15) is 23.6 Å². The van der Waals surface area contributed by atoms with Crippen LogP contribution in [0, 0.1) is 0 Å². The van der Waals surface area contributed by atoms with Gasteiger partial charge in [0, 0.05) is 0 Å². The minimum Gasteiger partial charge on any atom is -0.850 e. The number of rotatable bonds is 0. The Labute approximate surface area is 99.3 Å². The molecule has 0 aromatic rings. The quantitative estimate of drug-likeness (QED) is 0.259. The normalized spacial score (nSPS) is 10.7. The van der Waals surface area contributed by atoms with E-state index in [0.29, 0.717) is 0 Å². The van der Waals surface area contributed by atoms with Crippen molar-refractivity contribution < 1.29 is 40.6 Å². The molecule has 0 spiro atoms. The third-order valence-electron chi connectivity index (χ3n) is 0. The van der Waals surface area contributed by atoms with Gasteiger partial charge in [-0.1, -0.05) is 0 Å². The Kier molecular flexibility index (Phi) is 13.7. The molecule has 4 nitrogen and oxygen atoms in total. The third-order valence-corrected chi connectivity index (χ3v) is 0. The van der Waals surface area contributed by atoms with E-state index in [4.69, 9.17) is 0 Å². The first-order chi connectivity index (χ1) is 4.00. The van der Waals surface area contributed by atoms with Gasteiger partial charge < -0.3 is 55.5 Å². The van der Waals surface area contributed by atoms with Crippen molar-refractivity contribution in [1.29, 1.82) is 0 Å². The second-order valence-corrected chi connectivity index (χ2v) is 9.84. The van der Waals surface area contributed by atoms with E-state index in [0.717, 1.165) is 0 Å². The Morgan fingerprint density at radius 3 is 0.818 bits per heavy atom. The summed E-state index contributed by atoms with van der Waals surface area (Å²) >= 11 is 14.6. The first-order valence-corrected chi connectivity index (χ1v) is 8.76. The van der Waals surface area contributed by atoms with Crippen molar-refractivity contribution in [3.63, 3.8) is 0 Å². The minimum absolute atomic E-state index is 0. The Hall–Kier alpha value is 2.53. The third kappa shape index (κ3) is 217. The van der Waals surface area contributed by atoms with E-state index in [-0.39, 0.29) is 21.1 Å². The van der Waals surface area contributed by atoms with Gasteiger partial charge in [0.2, 0.25) is 0 Å². The van der Waals surface area contributed by atoms with Crippen molar-refractivity contribution in [2.24, 2.45) is 0 Å². The van der Waals surface area contributed by atoms with Gasteiger partial charge in [-0.05, 0) is 0 Å². The number of hydrogen-bond donors (Lipinski definition) is 0. The molecule has 0 aliphatic heterocycles. The summed E-state index contributed by atoms with van der Waals surface area (Å²) in [6.07, 6.45) is 0. The fraction of sp³-hybridized carbons (Fsp3) is 0. The SMILES string of the molecule is [Mo+6].[O-]P([O-])(=S)[S-].[O-]P([O-])(=S)[S-]. The first kappa shape index (κ1) is 19.2. The Morgan fingerprint density at radius 1 is 0.818 bits per heavy atom. The Morgan fingerprint density at radius 2 is 0.818 bits per heavy atom. The molecule has 0 radical (unpaired) electrons. The van der Waals surface area contributed by atoms with Crippen LogP contribution in [0.15, 0.2) is 0 Å². The first-order valence-electron chi connectivity index (χ1n) is 1.46. The van der Waals surface area contributed by atoms with E-state index >= 15 is 0 Å². The topological polar surface area (TPSA) is 92.2 Å². The summed E-state index contributed by atoms with van der Waals surface area (Å²) in [5.74, 6) is 0. The molecule has 0 bridgehead atoms. The van der Waals surface area contributed by atoms with Crippen molar-refractivity contribution in [1.82, 2.24) is 0 Å². The van der Waals surface area contributed by atoms with Crippen LogP contribution in [-0.4, -0.2) is 0 Å². The number of hydrogen-bond acceptors (Lipinski definition) is 8.